The second-order valence-electron chi connectivity index (χ2n) is 3.27. The van der Waals surface area contributed by atoms with Gasteiger partial charge in [0.25, 0.3) is 0 Å². The number of nitrogens with one attached hydrogen (secondary N) is 1. The number of carboxylic acid groups (broad SMARTS) is 1. The first-order valence-electron chi connectivity index (χ1n) is 5.02. The van der Waals surface area contributed by atoms with E-state index >= 15 is 0 Å². The quantitative estimate of drug-likeness (QED) is 0.740. The van der Waals surface area contributed by atoms with Gasteiger partial charge in [-0.05, 0) is 12.7 Å². The minimum absolute atomic E-state index is 0.507. The molecule has 0 radical (unpaired) electrons. The zero-order chi connectivity index (χ0) is 12.0. The zero-order valence-electron chi connectivity index (χ0n) is 9.30. The molecule has 1 atom stereocenters. The summed E-state index contributed by atoms with van der Waals surface area (Å²) in [6.07, 6.45) is 6.45. The molecule has 0 amide bonds. The molecule has 0 aliphatic rings. The summed E-state index contributed by atoms with van der Waals surface area (Å²) in [5.41, 5.74) is 0. The average molecular weight is 241 g/mol. The van der Waals surface area contributed by atoms with Crippen molar-refractivity contribution < 1.29 is 9.90 Å². The van der Waals surface area contributed by atoms with Crippen LogP contribution in [0.5, 0.6) is 0 Å². The molecule has 6 heteroatoms. The lowest BCUT2D eigenvalue weighted by Gasteiger charge is -2.13. The number of thioether (sulfide) groups is 1. The van der Waals surface area contributed by atoms with E-state index in [0.29, 0.717) is 12.2 Å². The number of carbonyl (C=O) groups is 1. The number of aliphatic carboxylic acids is 1. The molecule has 2 N–H and O–H groups in total. The van der Waals surface area contributed by atoms with E-state index in [1.165, 1.54) is 18.0 Å². The third-order valence-corrected chi connectivity index (χ3v) is 2.63. The summed E-state index contributed by atoms with van der Waals surface area (Å²) in [4.78, 5) is 19.1. The Labute approximate surface area is 98.7 Å². The molecule has 0 aliphatic carbocycles. The van der Waals surface area contributed by atoms with Crippen LogP contribution in [0.25, 0.3) is 0 Å². The fraction of sp³-hybridized carbons (Fsp3) is 0.500. The topological polar surface area (TPSA) is 75.1 Å². The molecular weight excluding hydrogens is 226 g/mol. The van der Waals surface area contributed by atoms with Crippen LogP contribution < -0.4 is 5.32 Å². The third-order valence-electron chi connectivity index (χ3n) is 2.02. The molecule has 0 bridgehead atoms. The Morgan fingerprint density at radius 1 is 1.62 bits per heavy atom. The first-order chi connectivity index (χ1) is 7.67. The van der Waals surface area contributed by atoms with E-state index in [9.17, 15) is 4.79 Å². The van der Waals surface area contributed by atoms with E-state index in [1.807, 2.05) is 13.2 Å². The smallest absolute Gasteiger partial charge is 0.326 e. The zero-order valence-corrected chi connectivity index (χ0v) is 10.1. The largest absolute Gasteiger partial charge is 0.480 e. The number of aromatic nitrogens is 2. The maximum atomic E-state index is 10.9. The summed E-state index contributed by atoms with van der Waals surface area (Å²) in [7, 11) is 0. The van der Waals surface area contributed by atoms with Crippen LogP contribution in [0.1, 0.15) is 19.8 Å². The predicted molar refractivity (Wildman–Crippen MR) is 63.8 cm³/mol. The third kappa shape index (κ3) is 3.69. The number of anilines is 1. The van der Waals surface area contributed by atoms with Crippen molar-refractivity contribution in [3.8, 4) is 0 Å². The first-order valence-corrected chi connectivity index (χ1v) is 6.25. The Bertz CT molecular complexity index is 360. The standard InChI is InChI=1S/C10H15N3O2S/c1-3-4-7(10(14)15)12-8-5-11-6-9(13-8)16-2/h5-7H,3-4H2,1-2H3,(H,12,13)(H,14,15). The van der Waals surface area contributed by atoms with E-state index < -0.39 is 12.0 Å². The number of hydrogen-bond donors (Lipinski definition) is 2. The van der Waals surface area contributed by atoms with Crippen LogP contribution in [-0.2, 0) is 4.79 Å². The van der Waals surface area contributed by atoms with Crippen LogP contribution in [0.15, 0.2) is 17.4 Å². The van der Waals surface area contributed by atoms with E-state index in [4.69, 9.17) is 5.11 Å². The second-order valence-corrected chi connectivity index (χ2v) is 4.10. The number of hydrogen-bond acceptors (Lipinski definition) is 5. The van der Waals surface area contributed by atoms with E-state index in [2.05, 4.69) is 15.3 Å². The van der Waals surface area contributed by atoms with Crippen LogP contribution in [-0.4, -0.2) is 33.3 Å². The van der Waals surface area contributed by atoms with Crippen molar-refractivity contribution in [1.82, 2.24) is 9.97 Å². The summed E-state index contributed by atoms with van der Waals surface area (Å²) in [5, 5.41) is 12.6. The molecule has 0 saturated heterocycles. The van der Waals surface area contributed by atoms with Crippen LogP contribution >= 0.6 is 11.8 Å². The Morgan fingerprint density at radius 2 is 2.38 bits per heavy atom. The van der Waals surface area contributed by atoms with E-state index in [0.717, 1.165) is 11.4 Å². The lowest BCUT2D eigenvalue weighted by Crippen LogP contribution is -2.29. The highest BCUT2D eigenvalue weighted by Crippen LogP contribution is 2.13. The molecule has 1 aromatic heterocycles. The van der Waals surface area contributed by atoms with Crippen LogP contribution in [0, 0.1) is 0 Å². The molecule has 1 rings (SSSR count). The Morgan fingerprint density at radius 3 is 2.94 bits per heavy atom. The van der Waals surface area contributed by atoms with Gasteiger partial charge < -0.3 is 10.4 Å². The van der Waals surface area contributed by atoms with Crippen LogP contribution in [0.3, 0.4) is 0 Å². The van der Waals surface area contributed by atoms with Gasteiger partial charge in [0.2, 0.25) is 0 Å². The SMILES string of the molecule is CCCC(Nc1cncc(SC)n1)C(=O)O. The van der Waals surface area contributed by atoms with Crippen LogP contribution in [0.2, 0.25) is 0 Å². The molecule has 88 valence electrons. The van der Waals surface area contributed by atoms with Gasteiger partial charge in [-0.3, -0.25) is 4.98 Å². The molecule has 0 spiro atoms. The molecule has 5 nitrogen and oxygen atoms in total. The van der Waals surface area contributed by atoms with Gasteiger partial charge in [-0.15, -0.1) is 11.8 Å². The highest BCUT2D eigenvalue weighted by atomic mass is 32.2. The highest BCUT2D eigenvalue weighted by molar-refractivity contribution is 7.98. The molecule has 0 fully saturated rings. The van der Waals surface area contributed by atoms with Gasteiger partial charge in [0.15, 0.2) is 0 Å². The second kappa shape index (κ2) is 6.32. The minimum Gasteiger partial charge on any atom is -0.480 e. The predicted octanol–water partition coefficient (Wildman–Crippen LogP) is 1.86. The summed E-state index contributed by atoms with van der Waals surface area (Å²) in [6, 6.07) is -0.601. The van der Waals surface area contributed by atoms with E-state index in [1.54, 1.807) is 6.20 Å². The fourth-order valence-electron chi connectivity index (χ4n) is 1.24. The molecule has 16 heavy (non-hydrogen) atoms. The summed E-state index contributed by atoms with van der Waals surface area (Å²) in [5.74, 6) is -0.356. The average Bonchev–Trinajstić information content (AvgIpc) is 2.28. The van der Waals surface area contributed by atoms with Gasteiger partial charge in [0, 0.05) is 0 Å². The monoisotopic (exact) mass is 241 g/mol. The maximum Gasteiger partial charge on any atom is 0.326 e. The van der Waals surface area contributed by atoms with Crippen molar-refractivity contribution >= 4 is 23.5 Å². The van der Waals surface area contributed by atoms with Gasteiger partial charge in [-0.1, -0.05) is 13.3 Å². The van der Waals surface area contributed by atoms with Crippen LogP contribution in [0.4, 0.5) is 5.82 Å². The molecule has 0 aliphatic heterocycles. The van der Waals surface area contributed by atoms with Crippen molar-refractivity contribution in [2.45, 2.75) is 30.8 Å². The van der Waals surface area contributed by atoms with Crippen molar-refractivity contribution in [2.75, 3.05) is 11.6 Å². The maximum absolute atomic E-state index is 10.9. The normalized spacial score (nSPS) is 12.1. The number of carboxylic acids is 1. The van der Waals surface area contributed by atoms with Gasteiger partial charge in [0.1, 0.15) is 16.9 Å². The molecule has 1 unspecified atom stereocenters. The molecule has 0 saturated carbocycles. The van der Waals surface area contributed by atoms with Crippen molar-refractivity contribution in [2.24, 2.45) is 0 Å². The first kappa shape index (κ1) is 12.8. The number of nitrogens with zero attached hydrogens (tertiary/aromatic N) is 2. The van der Waals surface area contributed by atoms with Gasteiger partial charge in [-0.25, -0.2) is 9.78 Å². The Balaban J connectivity index is 2.72. The summed E-state index contributed by atoms with van der Waals surface area (Å²) in [6.45, 7) is 1.95. The van der Waals surface area contributed by atoms with Gasteiger partial charge >= 0.3 is 5.97 Å². The Kier molecular flexibility index (Phi) is 5.04. The van der Waals surface area contributed by atoms with E-state index in [-0.39, 0.29) is 0 Å². The molecular formula is C10H15N3O2S. The molecule has 1 heterocycles. The van der Waals surface area contributed by atoms with Crippen molar-refractivity contribution in [3.05, 3.63) is 12.4 Å². The van der Waals surface area contributed by atoms with Gasteiger partial charge in [0.05, 0.1) is 12.4 Å². The Hall–Kier alpha value is -1.30. The number of rotatable bonds is 6. The lowest BCUT2D eigenvalue weighted by molar-refractivity contribution is -0.138. The van der Waals surface area contributed by atoms with Crippen molar-refractivity contribution in [1.29, 1.82) is 0 Å². The molecule has 1 aromatic rings. The fourth-order valence-corrected chi connectivity index (χ4v) is 1.60. The summed E-state index contributed by atoms with van der Waals surface area (Å²) < 4.78 is 0. The van der Waals surface area contributed by atoms with Gasteiger partial charge in [-0.2, -0.15) is 0 Å². The lowest BCUT2D eigenvalue weighted by atomic mass is 10.2. The minimum atomic E-state index is -0.863. The highest BCUT2D eigenvalue weighted by Gasteiger charge is 2.16. The molecule has 0 aromatic carbocycles. The van der Waals surface area contributed by atoms with Crippen molar-refractivity contribution in [3.63, 3.8) is 0 Å². The summed E-state index contributed by atoms with van der Waals surface area (Å²) >= 11 is 1.47.